The molecular weight excluding hydrogens is 396 g/mol. The summed E-state index contributed by atoms with van der Waals surface area (Å²) in [7, 11) is -12.7. The molecule has 24 heavy (non-hydrogen) atoms. The number of benzene rings is 1. The van der Waals surface area contributed by atoms with Gasteiger partial charge >= 0.3 is 31.3 Å². The summed E-state index contributed by atoms with van der Waals surface area (Å²) in [6, 6.07) is 2.57. The molecular formula is C9H3F6NO6S2. The van der Waals surface area contributed by atoms with Gasteiger partial charge in [-0.05, 0) is 12.1 Å². The lowest BCUT2D eigenvalue weighted by Crippen LogP contribution is -2.30. The Balaban J connectivity index is 3.43. The standard InChI is InChI=1S/C9H3F6NO6S2/c10-8(11,12)23(17,18)21-6-2-1-5(4-16)3-7(6)22-24(19,20)9(13,14)15/h1-3H. The van der Waals surface area contributed by atoms with Crippen molar-refractivity contribution < 1.29 is 51.5 Å². The minimum atomic E-state index is -6.35. The quantitative estimate of drug-likeness (QED) is 0.433. The van der Waals surface area contributed by atoms with E-state index >= 15 is 0 Å². The zero-order valence-electron chi connectivity index (χ0n) is 10.7. The van der Waals surface area contributed by atoms with E-state index in [0.717, 1.165) is 0 Å². The Morgan fingerprint density at radius 2 is 1.25 bits per heavy atom. The fourth-order valence-electron chi connectivity index (χ4n) is 1.04. The monoisotopic (exact) mass is 399 g/mol. The molecule has 0 fully saturated rings. The van der Waals surface area contributed by atoms with E-state index < -0.39 is 48.3 Å². The van der Waals surface area contributed by atoms with Crippen LogP contribution >= 0.6 is 0 Å². The van der Waals surface area contributed by atoms with Crippen LogP contribution in [0.3, 0.4) is 0 Å². The Morgan fingerprint density at radius 1 is 0.833 bits per heavy atom. The molecule has 0 aromatic heterocycles. The van der Waals surface area contributed by atoms with Crippen LogP contribution in [-0.2, 0) is 20.2 Å². The number of hydrogen-bond donors (Lipinski definition) is 0. The second-order valence-corrected chi connectivity index (χ2v) is 6.82. The molecule has 0 atom stereocenters. The molecule has 0 bridgehead atoms. The van der Waals surface area contributed by atoms with E-state index in [1.807, 2.05) is 0 Å². The van der Waals surface area contributed by atoms with Crippen LogP contribution in [0.1, 0.15) is 5.56 Å². The van der Waals surface area contributed by atoms with Gasteiger partial charge in [0.25, 0.3) is 0 Å². The molecule has 0 amide bonds. The molecule has 134 valence electrons. The summed E-state index contributed by atoms with van der Waals surface area (Å²) in [5.74, 6) is -3.08. The van der Waals surface area contributed by atoms with Gasteiger partial charge in [-0.25, -0.2) is 0 Å². The molecule has 1 rings (SSSR count). The molecule has 0 aliphatic heterocycles. The van der Waals surface area contributed by atoms with Crippen molar-refractivity contribution in [2.75, 3.05) is 0 Å². The van der Waals surface area contributed by atoms with Gasteiger partial charge in [0.15, 0.2) is 11.5 Å². The van der Waals surface area contributed by atoms with E-state index in [2.05, 4.69) is 8.37 Å². The van der Waals surface area contributed by atoms with Gasteiger partial charge < -0.3 is 8.37 Å². The van der Waals surface area contributed by atoms with Crippen LogP contribution in [0, 0.1) is 11.3 Å². The Bertz CT molecular complexity index is 881. The van der Waals surface area contributed by atoms with Crippen molar-refractivity contribution in [3.63, 3.8) is 0 Å². The minimum absolute atomic E-state index is 0.254. The van der Waals surface area contributed by atoms with Crippen molar-refractivity contribution >= 4 is 20.2 Å². The van der Waals surface area contributed by atoms with Crippen molar-refractivity contribution in [1.29, 1.82) is 5.26 Å². The molecule has 0 aliphatic carbocycles. The number of rotatable bonds is 4. The van der Waals surface area contributed by atoms with Gasteiger partial charge in [-0.3, -0.25) is 0 Å². The van der Waals surface area contributed by atoms with Gasteiger partial charge in [-0.1, -0.05) is 0 Å². The highest BCUT2D eigenvalue weighted by Gasteiger charge is 2.51. The third kappa shape index (κ3) is 4.20. The molecule has 1 aromatic carbocycles. The van der Waals surface area contributed by atoms with Crippen molar-refractivity contribution in [2.24, 2.45) is 0 Å². The molecule has 0 saturated heterocycles. The summed E-state index contributed by atoms with van der Waals surface area (Å²) in [4.78, 5) is 0. The normalized spacial score (nSPS) is 13.2. The third-order valence-electron chi connectivity index (χ3n) is 2.04. The maximum absolute atomic E-state index is 12.2. The number of nitriles is 1. The van der Waals surface area contributed by atoms with Crippen molar-refractivity contribution in [3.8, 4) is 17.6 Å². The zero-order chi connectivity index (χ0) is 19.0. The number of alkyl halides is 6. The van der Waals surface area contributed by atoms with Crippen LogP contribution in [0.15, 0.2) is 18.2 Å². The number of hydrogen-bond acceptors (Lipinski definition) is 7. The van der Waals surface area contributed by atoms with Gasteiger partial charge in [0, 0.05) is 6.07 Å². The zero-order valence-corrected chi connectivity index (χ0v) is 12.3. The average molecular weight is 399 g/mol. The summed E-state index contributed by atoms with van der Waals surface area (Å²) in [6.45, 7) is 0. The van der Waals surface area contributed by atoms with E-state index in [4.69, 9.17) is 5.26 Å². The molecule has 15 heteroatoms. The first-order valence-electron chi connectivity index (χ1n) is 5.16. The Labute approximate surface area is 130 Å². The van der Waals surface area contributed by atoms with E-state index in [0.29, 0.717) is 12.1 Å². The summed E-state index contributed by atoms with van der Waals surface area (Å²) in [5, 5.41) is 8.56. The summed E-state index contributed by atoms with van der Waals surface area (Å²) >= 11 is 0. The van der Waals surface area contributed by atoms with Gasteiger partial charge in [0.2, 0.25) is 0 Å². The highest BCUT2D eigenvalue weighted by molar-refractivity contribution is 7.88. The predicted molar refractivity (Wildman–Crippen MR) is 62.4 cm³/mol. The van der Waals surface area contributed by atoms with E-state index in [-0.39, 0.29) is 6.07 Å². The highest BCUT2D eigenvalue weighted by Crippen LogP contribution is 2.36. The second-order valence-electron chi connectivity index (χ2n) is 3.74. The fourth-order valence-corrected chi connectivity index (χ4v) is 1.97. The molecule has 0 unspecified atom stereocenters. The van der Waals surface area contributed by atoms with Gasteiger partial charge in [0.1, 0.15) is 0 Å². The lowest BCUT2D eigenvalue weighted by atomic mass is 10.2. The molecule has 1 aromatic rings. The molecule has 0 spiro atoms. The summed E-state index contributed by atoms with van der Waals surface area (Å²) in [5.41, 5.74) is -12.4. The number of halogens is 6. The molecule has 0 radical (unpaired) electrons. The van der Waals surface area contributed by atoms with Gasteiger partial charge in [-0.2, -0.15) is 48.4 Å². The van der Waals surface area contributed by atoms with Crippen LogP contribution in [0.5, 0.6) is 11.5 Å². The third-order valence-corrected chi connectivity index (χ3v) is 3.97. The molecule has 0 N–H and O–H groups in total. The van der Waals surface area contributed by atoms with E-state index in [1.54, 1.807) is 0 Å². The van der Waals surface area contributed by atoms with Crippen LogP contribution < -0.4 is 8.37 Å². The smallest absolute Gasteiger partial charge is 0.372 e. The summed E-state index contributed by atoms with van der Waals surface area (Å²) < 4.78 is 124. The minimum Gasteiger partial charge on any atom is -0.372 e. The van der Waals surface area contributed by atoms with Crippen LogP contribution in [-0.4, -0.2) is 27.9 Å². The molecule has 0 aliphatic rings. The van der Waals surface area contributed by atoms with Crippen molar-refractivity contribution in [3.05, 3.63) is 23.8 Å². The van der Waals surface area contributed by atoms with E-state index in [9.17, 15) is 43.2 Å². The predicted octanol–water partition coefficient (Wildman–Crippen LogP) is 2.02. The number of nitrogens with zero attached hydrogens (tertiary/aromatic N) is 1. The first-order valence-corrected chi connectivity index (χ1v) is 7.98. The first kappa shape index (κ1) is 19.8. The van der Waals surface area contributed by atoms with Gasteiger partial charge in [-0.15, -0.1) is 0 Å². The van der Waals surface area contributed by atoms with Crippen molar-refractivity contribution in [2.45, 2.75) is 11.0 Å². The SMILES string of the molecule is N#Cc1ccc(OS(=O)(=O)C(F)(F)F)c(OS(=O)(=O)C(F)(F)F)c1. The molecule has 0 heterocycles. The fraction of sp³-hybridized carbons (Fsp3) is 0.222. The maximum Gasteiger partial charge on any atom is 0.534 e. The lowest BCUT2D eigenvalue weighted by Gasteiger charge is -2.14. The Hall–Kier alpha value is -2.21. The van der Waals surface area contributed by atoms with Gasteiger partial charge in [0.05, 0.1) is 11.6 Å². The van der Waals surface area contributed by atoms with Crippen LogP contribution in [0.4, 0.5) is 26.3 Å². The summed E-state index contributed by atoms with van der Waals surface area (Å²) in [6.07, 6.45) is 0. The Kier molecular flexibility index (Phi) is 4.97. The first-order chi connectivity index (χ1) is 10.6. The topological polar surface area (TPSA) is 111 Å². The highest BCUT2D eigenvalue weighted by atomic mass is 32.2. The Morgan fingerprint density at radius 3 is 1.62 bits per heavy atom. The van der Waals surface area contributed by atoms with Crippen LogP contribution in [0.25, 0.3) is 0 Å². The lowest BCUT2D eigenvalue weighted by molar-refractivity contribution is -0.0513. The average Bonchev–Trinajstić information content (AvgIpc) is 2.37. The van der Waals surface area contributed by atoms with Crippen molar-refractivity contribution in [1.82, 2.24) is 0 Å². The molecule has 0 saturated carbocycles. The van der Waals surface area contributed by atoms with Crippen LogP contribution in [0.2, 0.25) is 0 Å². The van der Waals surface area contributed by atoms with E-state index in [1.165, 1.54) is 6.07 Å². The second kappa shape index (κ2) is 6.02. The maximum atomic E-state index is 12.2. The molecule has 7 nitrogen and oxygen atoms in total. The largest absolute Gasteiger partial charge is 0.534 e.